The van der Waals surface area contributed by atoms with Crippen molar-refractivity contribution in [1.82, 2.24) is 9.29 Å². The SMILES string of the molecule is CC1CCc2nc(NC(=O)c3cc(S(=O)(=O)N(C)Cc4ccccc4)ccc3Cl)sc2C1. The molecule has 0 bridgehead atoms. The van der Waals surface area contributed by atoms with Gasteiger partial charge in [0, 0.05) is 18.5 Å². The average molecular weight is 490 g/mol. The third kappa shape index (κ3) is 4.88. The second-order valence-corrected chi connectivity index (χ2v) is 11.6. The van der Waals surface area contributed by atoms with E-state index >= 15 is 0 Å². The maximum absolute atomic E-state index is 13.1. The van der Waals surface area contributed by atoms with Gasteiger partial charge in [0.15, 0.2) is 5.13 Å². The number of benzene rings is 2. The van der Waals surface area contributed by atoms with Gasteiger partial charge < -0.3 is 0 Å². The van der Waals surface area contributed by atoms with Gasteiger partial charge in [-0.25, -0.2) is 13.4 Å². The zero-order chi connectivity index (χ0) is 22.9. The van der Waals surface area contributed by atoms with E-state index in [4.69, 9.17) is 11.6 Å². The van der Waals surface area contributed by atoms with Gasteiger partial charge in [-0.3, -0.25) is 10.1 Å². The molecule has 1 aromatic heterocycles. The molecule has 32 heavy (non-hydrogen) atoms. The lowest BCUT2D eigenvalue weighted by Crippen LogP contribution is -2.27. The lowest BCUT2D eigenvalue weighted by Gasteiger charge is -2.18. The monoisotopic (exact) mass is 489 g/mol. The van der Waals surface area contributed by atoms with Crippen LogP contribution in [0.15, 0.2) is 53.4 Å². The zero-order valence-electron chi connectivity index (χ0n) is 17.8. The highest BCUT2D eigenvalue weighted by Gasteiger charge is 2.25. The second kappa shape index (κ2) is 9.31. The van der Waals surface area contributed by atoms with E-state index in [1.165, 1.54) is 45.8 Å². The summed E-state index contributed by atoms with van der Waals surface area (Å²) in [7, 11) is -2.30. The summed E-state index contributed by atoms with van der Waals surface area (Å²) in [4.78, 5) is 18.7. The number of halogens is 1. The standard InChI is InChI=1S/C23H24ClN3O3S2/c1-15-8-11-20-21(12-15)31-23(25-20)26-22(28)18-13-17(9-10-19(18)24)32(29,30)27(2)14-16-6-4-3-5-7-16/h3-7,9-10,13,15H,8,11-12,14H2,1-2H3,(H,25,26,28). The van der Waals surface area contributed by atoms with Crippen LogP contribution in [0.3, 0.4) is 0 Å². The molecule has 1 unspecified atom stereocenters. The summed E-state index contributed by atoms with van der Waals surface area (Å²) >= 11 is 7.72. The van der Waals surface area contributed by atoms with Crippen molar-refractivity contribution >= 4 is 44.0 Å². The molecule has 0 aliphatic heterocycles. The first-order valence-corrected chi connectivity index (χ1v) is 13.0. The summed E-state index contributed by atoms with van der Waals surface area (Å²) < 4.78 is 27.4. The van der Waals surface area contributed by atoms with Crippen molar-refractivity contribution in [3.8, 4) is 0 Å². The molecule has 2 aromatic carbocycles. The van der Waals surface area contributed by atoms with E-state index in [2.05, 4.69) is 17.2 Å². The molecule has 0 radical (unpaired) electrons. The van der Waals surface area contributed by atoms with Crippen LogP contribution < -0.4 is 5.32 Å². The normalized spacial score (nSPS) is 16.1. The summed E-state index contributed by atoms with van der Waals surface area (Å²) in [6.07, 6.45) is 2.96. The van der Waals surface area contributed by atoms with E-state index in [1.54, 1.807) is 0 Å². The third-order valence-electron chi connectivity index (χ3n) is 5.55. The topological polar surface area (TPSA) is 79.4 Å². The molecular formula is C23H24ClN3O3S2. The van der Waals surface area contributed by atoms with Crippen LogP contribution in [0.25, 0.3) is 0 Å². The number of anilines is 1. The highest BCUT2D eigenvalue weighted by Crippen LogP contribution is 2.33. The van der Waals surface area contributed by atoms with Gasteiger partial charge in [-0.05, 0) is 48.9 Å². The number of carbonyl (C=O) groups is 1. The minimum Gasteiger partial charge on any atom is -0.298 e. The van der Waals surface area contributed by atoms with Crippen molar-refractivity contribution in [2.24, 2.45) is 5.92 Å². The van der Waals surface area contributed by atoms with Gasteiger partial charge in [-0.2, -0.15) is 4.31 Å². The first-order chi connectivity index (χ1) is 15.2. The Morgan fingerprint density at radius 2 is 2.00 bits per heavy atom. The van der Waals surface area contributed by atoms with Gasteiger partial charge >= 0.3 is 0 Å². The van der Waals surface area contributed by atoms with Gasteiger partial charge in [0.05, 0.1) is 21.2 Å². The van der Waals surface area contributed by atoms with Crippen molar-refractivity contribution in [2.75, 3.05) is 12.4 Å². The Morgan fingerprint density at radius 3 is 2.75 bits per heavy atom. The lowest BCUT2D eigenvalue weighted by atomic mass is 9.93. The fraction of sp³-hybridized carbons (Fsp3) is 0.304. The average Bonchev–Trinajstić information content (AvgIpc) is 3.15. The smallest absolute Gasteiger partial charge is 0.259 e. The summed E-state index contributed by atoms with van der Waals surface area (Å²) in [5.41, 5.74) is 2.00. The molecule has 1 N–H and O–H groups in total. The molecule has 0 saturated carbocycles. The Kier molecular flexibility index (Phi) is 6.67. The van der Waals surface area contributed by atoms with Gasteiger partial charge in [0.25, 0.3) is 5.91 Å². The van der Waals surface area contributed by atoms with Crippen LogP contribution in [-0.2, 0) is 29.4 Å². The largest absolute Gasteiger partial charge is 0.298 e. The quantitative estimate of drug-likeness (QED) is 0.528. The number of fused-ring (bicyclic) bond motifs is 1. The van der Waals surface area contributed by atoms with E-state index in [-0.39, 0.29) is 22.0 Å². The molecule has 3 aromatic rings. The number of rotatable bonds is 6. The number of hydrogen-bond donors (Lipinski definition) is 1. The minimum absolute atomic E-state index is 0.0118. The summed E-state index contributed by atoms with van der Waals surface area (Å²) in [6.45, 7) is 2.43. The molecule has 4 rings (SSSR count). The number of nitrogens with one attached hydrogen (secondary N) is 1. The molecule has 6 nitrogen and oxygen atoms in total. The molecule has 1 heterocycles. The van der Waals surface area contributed by atoms with Gasteiger partial charge in [0.2, 0.25) is 10.0 Å². The molecular weight excluding hydrogens is 466 g/mol. The van der Waals surface area contributed by atoms with Gasteiger partial charge in [0.1, 0.15) is 0 Å². The molecule has 1 aliphatic rings. The molecule has 9 heteroatoms. The predicted octanol–water partition coefficient (Wildman–Crippen LogP) is 4.99. The predicted molar refractivity (Wildman–Crippen MR) is 128 cm³/mol. The van der Waals surface area contributed by atoms with Crippen LogP contribution in [0.5, 0.6) is 0 Å². The molecule has 1 aliphatic carbocycles. The molecule has 1 atom stereocenters. The first-order valence-electron chi connectivity index (χ1n) is 10.3. The number of hydrogen-bond acceptors (Lipinski definition) is 5. The van der Waals surface area contributed by atoms with E-state index in [0.29, 0.717) is 11.0 Å². The van der Waals surface area contributed by atoms with E-state index in [9.17, 15) is 13.2 Å². The fourth-order valence-electron chi connectivity index (χ4n) is 3.70. The van der Waals surface area contributed by atoms with Crippen LogP contribution in [0.4, 0.5) is 5.13 Å². The molecule has 1 amide bonds. The number of carbonyl (C=O) groups excluding carboxylic acids is 1. The van der Waals surface area contributed by atoms with Gasteiger partial charge in [-0.15, -0.1) is 11.3 Å². The van der Waals surface area contributed by atoms with E-state index in [1.807, 2.05) is 30.3 Å². The van der Waals surface area contributed by atoms with Crippen molar-refractivity contribution < 1.29 is 13.2 Å². The Bertz CT molecular complexity index is 1240. The van der Waals surface area contributed by atoms with Crippen molar-refractivity contribution in [3.63, 3.8) is 0 Å². The Balaban J connectivity index is 1.55. The Morgan fingerprint density at radius 1 is 1.25 bits per heavy atom. The van der Waals surface area contributed by atoms with E-state index < -0.39 is 15.9 Å². The molecule has 0 spiro atoms. The van der Waals surface area contributed by atoms with E-state index in [0.717, 1.165) is 30.5 Å². The van der Waals surface area contributed by atoms with Crippen LogP contribution >= 0.6 is 22.9 Å². The molecule has 0 fully saturated rings. The number of aryl methyl sites for hydroxylation is 1. The molecule has 168 valence electrons. The van der Waals surface area contributed by atoms with Crippen LogP contribution in [0.2, 0.25) is 5.02 Å². The number of nitrogens with zero attached hydrogens (tertiary/aromatic N) is 2. The highest BCUT2D eigenvalue weighted by atomic mass is 35.5. The van der Waals surface area contributed by atoms with Crippen molar-refractivity contribution in [2.45, 2.75) is 37.6 Å². The number of thiazole rings is 1. The maximum Gasteiger partial charge on any atom is 0.259 e. The van der Waals surface area contributed by atoms with Crippen LogP contribution in [-0.4, -0.2) is 30.7 Å². The minimum atomic E-state index is -3.81. The number of amides is 1. The number of sulfonamides is 1. The van der Waals surface area contributed by atoms with Crippen molar-refractivity contribution in [3.05, 3.63) is 75.3 Å². The van der Waals surface area contributed by atoms with Crippen LogP contribution in [0.1, 0.15) is 39.8 Å². The highest BCUT2D eigenvalue weighted by molar-refractivity contribution is 7.89. The maximum atomic E-state index is 13.1. The summed E-state index contributed by atoms with van der Waals surface area (Å²) in [5.74, 6) is 0.132. The first kappa shape index (κ1) is 22.9. The lowest BCUT2D eigenvalue weighted by molar-refractivity contribution is 0.102. The van der Waals surface area contributed by atoms with Crippen LogP contribution in [0, 0.1) is 5.92 Å². The van der Waals surface area contributed by atoms with Crippen molar-refractivity contribution in [1.29, 1.82) is 0 Å². The zero-order valence-corrected chi connectivity index (χ0v) is 20.2. The Labute approximate surface area is 197 Å². The third-order valence-corrected chi connectivity index (χ3v) is 8.71. The fourth-order valence-corrected chi connectivity index (χ4v) is 6.26. The second-order valence-electron chi connectivity index (χ2n) is 8.08. The Hall–Kier alpha value is -2.26. The van der Waals surface area contributed by atoms with Gasteiger partial charge in [-0.1, -0.05) is 48.9 Å². The summed E-state index contributed by atoms with van der Waals surface area (Å²) in [5, 5.41) is 3.49. The summed E-state index contributed by atoms with van der Waals surface area (Å²) in [6, 6.07) is 13.5. The molecule has 0 saturated heterocycles. The number of aromatic nitrogens is 1.